The van der Waals surface area contributed by atoms with E-state index >= 15 is 0 Å². The molecule has 0 saturated carbocycles. The molecule has 0 aliphatic rings. The normalized spacial score (nSPS) is 11.8. The van der Waals surface area contributed by atoms with Crippen molar-refractivity contribution in [2.45, 2.75) is 6.18 Å². The Bertz CT molecular complexity index is 589. The van der Waals surface area contributed by atoms with Gasteiger partial charge in [-0.2, -0.15) is 13.2 Å². The van der Waals surface area contributed by atoms with E-state index in [1.165, 1.54) is 12.1 Å². The molecule has 3 nitrogen and oxygen atoms in total. The predicted molar refractivity (Wildman–Crippen MR) is 61.1 cm³/mol. The first-order valence-corrected chi connectivity index (χ1v) is 5.44. The monoisotopic (exact) mass is 296 g/mol. The highest BCUT2D eigenvalue weighted by atomic mass is 35.5. The van der Waals surface area contributed by atoms with Gasteiger partial charge >= 0.3 is 6.18 Å². The van der Waals surface area contributed by atoms with Crippen LogP contribution in [0.5, 0.6) is 5.75 Å². The fourth-order valence-corrected chi connectivity index (χ4v) is 1.78. The highest BCUT2D eigenvalue weighted by Gasteiger charge is 2.28. The number of hydrogen-bond donors (Lipinski definition) is 0. The number of para-hydroxylation sites is 1. The Morgan fingerprint density at radius 1 is 1.17 bits per heavy atom. The molecule has 2 rings (SSSR count). The second kappa shape index (κ2) is 4.78. The molecule has 18 heavy (non-hydrogen) atoms. The number of nitrogens with zero attached hydrogens (tertiary/aromatic N) is 2. The van der Waals surface area contributed by atoms with E-state index in [9.17, 15) is 13.2 Å². The lowest BCUT2D eigenvalue weighted by Gasteiger charge is -2.11. The number of benzene rings is 1. The van der Waals surface area contributed by atoms with Gasteiger partial charge in [0, 0.05) is 5.39 Å². The standard InChI is InChI=1S/C10H5Cl2F3N2O/c11-8-5-2-1-3-6(18-4-10(13,14)15)7(5)16-9(12)17-8/h1-3H,4H2. The van der Waals surface area contributed by atoms with E-state index in [4.69, 9.17) is 23.2 Å². The summed E-state index contributed by atoms with van der Waals surface area (Å²) in [5.41, 5.74) is 0.145. The lowest BCUT2D eigenvalue weighted by atomic mass is 10.2. The average molecular weight is 297 g/mol. The van der Waals surface area contributed by atoms with Gasteiger partial charge < -0.3 is 4.74 Å². The molecule has 1 heterocycles. The molecule has 1 aromatic heterocycles. The molecule has 2 aromatic rings. The quantitative estimate of drug-likeness (QED) is 0.623. The van der Waals surface area contributed by atoms with Crippen LogP contribution in [0.1, 0.15) is 0 Å². The SMILES string of the molecule is FC(F)(F)COc1cccc2c(Cl)nc(Cl)nc12. The number of aromatic nitrogens is 2. The zero-order valence-corrected chi connectivity index (χ0v) is 10.1. The molecular weight excluding hydrogens is 292 g/mol. The maximum absolute atomic E-state index is 12.1. The van der Waals surface area contributed by atoms with Crippen molar-refractivity contribution in [1.82, 2.24) is 9.97 Å². The second-order valence-corrected chi connectivity index (χ2v) is 4.04. The summed E-state index contributed by atoms with van der Waals surface area (Å²) in [7, 11) is 0. The fraction of sp³-hybridized carbons (Fsp3) is 0.200. The van der Waals surface area contributed by atoms with Crippen LogP contribution in [0, 0.1) is 0 Å². The molecule has 0 radical (unpaired) electrons. The Balaban J connectivity index is 2.45. The maximum atomic E-state index is 12.1. The molecule has 0 aliphatic carbocycles. The summed E-state index contributed by atoms with van der Waals surface area (Å²) in [5, 5.41) is 0.277. The lowest BCUT2D eigenvalue weighted by molar-refractivity contribution is -0.153. The van der Waals surface area contributed by atoms with E-state index in [-0.39, 0.29) is 21.7 Å². The summed E-state index contributed by atoms with van der Waals surface area (Å²) in [4.78, 5) is 7.51. The van der Waals surface area contributed by atoms with E-state index in [1.54, 1.807) is 6.07 Å². The molecule has 0 unspecified atom stereocenters. The smallest absolute Gasteiger partial charge is 0.422 e. The van der Waals surface area contributed by atoms with Crippen LogP contribution in [0.4, 0.5) is 13.2 Å². The van der Waals surface area contributed by atoms with Gasteiger partial charge in [0.1, 0.15) is 16.4 Å². The third kappa shape index (κ3) is 2.94. The van der Waals surface area contributed by atoms with Crippen LogP contribution in [-0.4, -0.2) is 22.8 Å². The molecule has 0 saturated heterocycles. The van der Waals surface area contributed by atoms with Crippen molar-refractivity contribution in [3.05, 3.63) is 28.6 Å². The Kier molecular flexibility index (Phi) is 3.49. The van der Waals surface area contributed by atoms with E-state index < -0.39 is 12.8 Å². The molecule has 0 fully saturated rings. The second-order valence-electron chi connectivity index (χ2n) is 3.34. The minimum absolute atomic E-state index is 0.0453. The molecule has 0 atom stereocenters. The zero-order valence-electron chi connectivity index (χ0n) is 8.63. The molecule has 0 aliphatic heterocycles. The van der Waals surface area contributed by atoms with Crippen LogP contribution in [0.15, 0.2) is 18.2 Å². The van der Waals surface area contributed by atoms with E-state index in [0.29, 0.717) is 5.39 Å². The summed E-state index contributed by atoms with van der Waals surface area (Å²) in [6.07, 6.45) is -4.43. The molecule has 1 aromatic carbocycles. The predicted octanol–water partition coefficient (Wildman–Crippen LogP) is 3.88. The zero-order chi connectivity index (χ0) is 13.3. The third-order valence-corrected chi connectivity index (χ3v) is 2.46. The van der Waals surface area contributed by atoms with Crippen molar-refractivity contribution in [3.8, 4) is 5.75 Å². The molecule has 0 N–H and O–H groups in total. The summed E-state index contributed by atoms with van der Waals surface area (Å²) in [5.74, 6) is -0.0453. The fourth-order valence-electron chi connectivity index (χ4n) is 1.34. The summed E-state index contributed by atoms with van der Waals surface area (Å²) in [6.45, 7) is -1.41. The Labute approximate surface area is 109 Å². The van der Waals surface area contributed by atoms with Gasteiger partial charge in [-0.1, -0.05) is 17.7 Å². The van der Waals surface area contributed by atoms with Crippen LogP contribution in [0.3, 0.4) is 0 Å². The lowest BCUT2D eigenvalue weighted by Crippen LogP contribution is -2.19. The van der Waals surface area contributed by atoms with Gasteiger partial charge in [0.05, 0.1) is 0 Å². The maximum Gasteiger partial charge on any atom is 0.422 e. The summed E-state index contributed by atoms with van der Waals surface area (Å²) < 4.78 is 40.9. The number of halogens is 5. The van der Waals surface area contributed by atoms with Crippen molar-refractivity contribution in [1.29, 1.82) is 0 Å². The minimum Gasteiger partial charge on any atom is -0.482 e. The Morgan fingerprint density at radius 2 is 1.89 bits per heavy atom. The number of hydrogen-bond acceptors (Lipinski definition) is 3. The van der Waals surface area contributed by atoms with Crippen LogP contribution in [-0.2, 0) is 0 Å². The van der Waals surface area contributed by atoms with E-state index in [1.807, 2.05) is 0 Å². The number of alkyl halides is 3. The molecule has 8 heteroatoms. The molecule has 0 bridgehead atoms. The molecule has 0 spiro atoms. The van der Waals surface area contributed by atoms with Gasteiger partial charge in [-0.05, 0) is 23.7 Å². The molecule has 96 valence electrons. The van der Waals surface area contributed by atoms with Crippen molar-refractivity contribution < 1.29 is 17.9 Å². The van der Waals surface area contributed by atoms with Crippen LogP contribution in [0.25, 0.3) is 10.9 Å². The van der Waals surface area contributed by atoms with Crippen molar-refractivity contribution in [2.24, 2.45) is 0 Å². The highest BCUT2D eigenvalue weighted by Crippen LogP contribution is 2.30. The summed E-state index contributed by atoms with van der Waals surface area (Å²) >= 11 is 11.4. The number of rotatable bonds is 2. The molecular formula is C10H5Cl2F3N2O. The largest absolute Gasteiger partial charge is 0.482 e. The average Bonchev–Trinajstić information content (AvgIpc) is 2.25. The van der Waals surface area contributed by atoms with E-state index in [2.05, 4.69) is 14.7 Å². The Hall–Kier alpha value is -1.27. The first-order valence-electron chi connectivity index (χ1n) is 4.68. The van der Waals surface area contributed by atoms with Crippen LogP contribution < -0.4 is 4.74 Å². The van der Waals surface area contributed by atoms with Crippen LogP contribution >= 0.6 is 23.2 Å². The van der Waals surface area contributed by atoms with Crippen molar-refractivity contribution >= 4 is 34.1 Å². The van der Waals surface area contributed by atoms with Gasteiger partial charge in [0.15, 0.2) is 6.61 Å². The van der Waals surface area contributed by atoms with Crippen LogP contribution in [0.2, 0.25) is 10.4 Å². The highest BCUT2D eigenvalue weighted by molar-refractivity contribution is 6.35. The van der Waals surface area contributed by atoms with Gasteiger partial charge in [-0.15, -0.1) is 0 Å². The third-order valence-electron chi connectivity index (χ3n) is 2.01. The Morgan fingerprint density at radius 3 is 2.56 bits per heavy atom. The van der Waals surface area contributed by atoms with Gasteiger partial charge in [0.25, 0.3) is 0 Å². The number of ether oxygens (including phenoxy) is 1. The summed E-state index contributed by atoms with van der Waals surface area (Å²) in [6, 6.07) is 4.42. The topological polar surface area (TPSA) is 35.0 Å². The molecule has 0 amide bonds. The first-order chi connectivity index (χ1) is 8.37. The van der Waals surface area contributed by atoms with E-state index in [0.717, 1.165) is 0 Å². The number of fused-ring (bicyclic) bond motifs is 1. The van der Waals surface area contributed by atoms with Gasteiger partial charge in [0.2, 0.25) is 5.28 Å². The minimum atomic E-state index is -4.43. The van der Waals surface area contributed by atoms with Crippen molar-refractivity contribution in [3.63, 3.8) is 0 Å². The van der Waals surface area contributed by atoms with Gasteiger partial charge in [-0.25, -0.2) is 9.97 Å². The first kappa shape index (κ1) is 13.2. The van der Waals surface area contributed by atoms with Gasteiger partial charge in [-0.3, -0.25) is 0 Å². The van der Waals surface area contributed by atoms with Crippen molar-refractivity contribution in [2.75, 3.05) is 6.61 Å².